The van der Waals surface area contributed by atoms with Crippen LogP contribution in [0, 0.1) is 0 Å². The molecule has 0 bridgehead atoms. The minimum Gasteiger partial charge on any atom is -0.459 e. The van der Waals surface area contributed by atoms with Crippen LogP contribution in [0.25, 0.3) is 0 Å². The van der Waals surface area contributed by atoms with Crippen molar-refractivity contribution in [2.24, 2.45) is 0 Å². The van der Waals surface area contributed by atoms with Gasteiger partial charge in [-0.1, -0.05) is 127 Å². The fraction of sp³-hybridized carbons (Fsp3) is 0.319. The highest BCUT2D eigenvalue weighted by Gasteiger charge is 2.54. The predicted octanol–water partition coefficient (Wildman–Crippen LogP) is 5.01. The predicted molar refractivity (Wildman–Crippen MR) is 215 cm³/mol. The maximum absolute atomic E-state index is 13.5. The molecule has 3 N–H and O–H groups in total. The number of benzene rings is 5. The monoisotopic (exact) mass is 820 g/mol. The number of aliphatic hydroxyl groups excluding tert-OH is 3. The van der Waals surface area contributed by atoms with Gasteiger partial charge in [-0.05, 0) is 41.0 Å². The Labute approximate surface area is 347 Å². The highest BCUT2D eigenvalue weighted by atomic mass is 16.7. The smallest absolute Gasteiger partial charge is 0.338 e. The van der Waals surface area contributed by atoms with Gasteiger partial charge in [0.1, 0.15) is 49.3 Å². The van der Waals surface area contributed by atoms with Crippen molar-refractivity contribution in [1.29, 1.82) is 0 Å². The summed E-state index contributed by atoms with van der Waals surface area (Å²) in [4.78, 5) is 26.5. The van der Waals surface area contributed by atoms with Crippen molar-refractivity contribution in [2.45, 2.75) is 81.2 Å². The number of rotatable bonds is 17. The van der Waals surface area contributed by atoms with Gasteiger partial charge in [-0.3, -0.25) is 0 Å². The summed E-state index contributed by atoms with van der Waals surface area (Å²) in [6.07, 6.45) is -14.0. The zero-order valence-electron chi connectivity index (χ0n) is 32.7. The minimum absolute atomic E-state index is 0.0677. The summed E-state index contributed by atoms with van der Waals surface area (Å²) in [7, 11) is 0. The molecule has 2 fully saturated rings. The minimum atomic E-state index is -1.78. The first-order valence-electron chi connectivity index (χ1n) is 19.8. The van der Waals surface area contributed by atoms with Crippen LogP contribution in [0.5, 0.6) is 0 Å². The fourth-order valence-corrected chi connectivity index (χ4v) is 6.98. The van der Waals surface area contributed by atoms with Crippen LogP contribution >= 0.6 is 0 Å². The van der Waals surface area contributed by atoms with Crippen LogP contribution in [-0.4, -0.2) is 102 Å². The lowest BCUT2D eigenvalue weighted by molar-refractivity contribution is -0.363. The molecule has 2 aliphatic rings. The van der Waals surface area contributed by atoms with E-state index in [1.807, 2.05) is 91.0 Å². The number of carbonyl (C=O) groups is 2. The van der Waals surface area contributed by atoms with Gasteiger partial charge in [-0.15, -0.1) is 0 Å². The van der Waals surface area contributed by atoms with Gasteiger partial charge >= 0.3 is 11.9 Å². The molecule has 2 aliphatic heterocycles. The molecule has 2 saturated heterocycles. The van der Waals surface area contributed by atoms with E-state index in [4.69, 9.17) is 37.9 Å². The third-order valence-corrected chi connectivity index (χ3v) is 10.2. The largest absolute Gasteiger partial charge is 0.459 e. The molecule has 10 atom stereocenters. The Morgan fingerprint density at radius 2 is 0.967 bits per heavy atom. The molecular weight excluding hydrogens is 773 g/mol. The van der Waals surface area contributed by atoms with Crippen LogP contribution in [0.3, 0.4) is 0 Å². The number of esters is 2. The molecule has 5 aromatic carbocycles. The molecule has 0 saturated carbocycles. The SMILES string of the molecule is O=C(OC[C@H]1O[C@@H](O[C@H]2[C@H](OCc3ccccc3)[C@@H](OCc3ccccc3)[C@@H](O)O[C@@H]2COCc2ccccc2)[C@H](OC(=O)c2ccccc2)[C@@H](O)[C@H]1O)c1ccccc1. The molecule has 314 valence electrons. The van der Waals surface area contributed by atoms with E-state index >= 15 is 0 Å². The summed E-state index contributed by atoms with van der Waals surface area (Å²) < 4.78 is 49.7. The van der Waals surface area contributed by atoms with Gasteiger partial charge in [0.05, 0.1) is 37.6 Å². The van der Waals surface area contributed by atoms with E-state index in [2.05, 4.69) is 0 Å². The fourth-order valence-electron chi connectivity index (χ4n) is 6.98. The highest BCUT2D eigenvalue weighted by molar-refractivity contribution is 5.89. The van der Waals surface area contributed by atoms with Gasteiger partial charge in [-0.25, -0.2) is 9.59 Å². The molecule has 60 heavy (non-hydrogen) atoms. The molecule has 13 heteroatoms. The van der Waals surface area contributed by atoms with Crippen LogP contribution in [0.2, 0.25) is 0 Å². The molecule has 0 aliphatic carbocycles. The third kappa shape index (κ3) is 11.3. The molecule has 13 nitrogen and oxygen atoms in total. The molecule has 0 spiro atoms. The second-order valence-electron chi connectivity index (χ2n) is 14.4. The van der Waals surface area contributed by atoms with E-state index in [-0.39, 0.29) is 37.6 Å². The second kappa shape index (κ2) is 21.3. The average Bonchev–Trinajstić information content (AvgIpc) is 3.29. The maximum atomic E-state index is 13.5. The standard InChI is InChI=1S/C47H48O13/c48-38-36(30-56-44(50)34-22-12-4-13-23-34)58-47(41(39(38)49)59-45(51)35-24-14-5-15-25-35)60-40-37(29-53-26-31-16-6-1-7-17-31)57-46(52)43(55-28-33-20-10-3-11-21-33)42(40)54-27-32-18-8-2-9-19-32/h1-25,36-43,46-49,52H,26-30H2/t36-,37-,38+,39+,40-,41-,42+,43-,46+,47+/m1/s1. The quantitative estimate of drug-likeness (QED) is 0.107. The van der Waals surface area contributed by atoms with E-state index in [1.54, 1.807) is 48.5 Å². The van der Waals surface area contributed by atoms with Crippen molar-refractivity contribution in [3.63, 3.8) is 0 Å². The number of hydrogen-bond donors (Lipinski definition) is 3. The van der Waals surface area contributed by atoms with Crippen molar-refractivity contribution < 1.29 is 62.8 Å². The van der Waals surface area contributed by atoms with Crippen molar-refractivity contribution in [2.75, 3.05) is 13.2 Å². The molecule has 0 radical (unpaired) electrons. The van der Waals surface area contributed by atoms with E-state index in [0.29, 0.717) is 0 Å². The van der Waals surface area contributed by atoms with Gasteiger partial charge in [0.2, 0.25) is 0 Å². The van der Waals surface area contributed by atoms with Crippen molar-refractivity contribution >= 4 is 11.9 Å². The van der Waals surface area contributed by atoms with E-state index in [0.717, 1.165) is 16.7 Å². The summed E-state index contributed by atoms with van der Waals surface area (Å²) >= 11 is 0. The average molecular weight is 821 g/mol. The molecular formula is C47H48O13. The van der Waals surface area contributed by atoms with Crippen LogP contribution < -0.4 is 0 Å². The Morgan fingerprint density at radius 1 is 0.483 bits per heavy atom. The molecule has 0 aromatic heterocycles. The summed E-state index contributed by atoms with van der Waals surface area (Å²) in [5, 5.41) is 34.6. The lowest BCUT2D eigenvalue weighted by Gasteiger charge is -2.48. The number of ether oxygens (including phenoxy) is 8. The Balaban J connectivity index is 1.21. The second-order valence-corrected chi connectivity index (χ2v) is 14.4. The van der Waals surface area contributed by atoms with Crippen LogP contribution in [0.1, 0.15) is 37.4 Å². The van der Waals surface area contributed by atoms with Crippen molar-refractivity contribution in [3.05, 3.63) is 179 Å². The van der Waals surface area contributed by atoms with Crippen molar-refractivity contribution in [1.82, 2.24) is 0 Å². The van der Waals surface area contributed by atoms with Crippen LogP contribution in [0.15, 0.2) is 152 Å². The molecule has 0 amide bonds. The highest BCUT2D eigenvalue weighted by Crippen LogP contribution is 2.34. The lowest BCUT2D eigenvalue weighted by Crippen LogP contribution is -2.66. The number of aliphatic hydroxyl groups is 3. The summed E-state index contributed by atoms with van der Waals surface area (Å²) in [6, 6.07) is 44.6. The maximum Gasteiger partial charge on any atom is 0.338 e. The zero-order valence-corrected chi connectivity index (χ0v) is 32.7. The van der Waals surface area contributed by atoms with Gasteiger partial charge in [-0.2, -0.15) is 0 Å². The molecule has 5 aromatic rings. The van der Waals surface area contributed by atoms with Gasteiger partial charge in [0.15, 0.2) is 18.7 Å². The van der Waals surface area contributed by atoms with Gasteiger partial charge in [0.25, 0.3) is 0 Å². The molecule has 7 rings (SSSR count). The number of hydrogen-bond acceptors (Lipinski definition) is 13. The first-order chi connectivity index (χ1) is 29.3. The summed E-state index contributed by atoms with van der Waals surface area (Å²) in [5.41, 5.74) is 2.97. The zero-order chi connectivity index (χ0) is 41.7. The van der Waals surface area contributed by atoms with Crippen LogP contribution in [0.4, 0.5) is 0 Å². The Morgan fingerprint density at radius 3 is 1.52 bits per heavy atom. The van der Waals surface area contributed by atoms with Crippen LogP contribution in [-0.2, 0) is 57.7 Å². The first-order valence-corrected chi connectivity index (χ1v) is 19.8. The van der Waals surface area contributed by atoms with E-state index in [1.165, 1.54) is 12.1 Å². The van der Waals surface area contributed by atoms with Crippen molar-refractivity contribution in [3.8, 4) is 0 Å². The lowest BCUT2D eigenvalue weighted by atomic mass is 9.96. The summed E-state index contributed by atoms with van der Waals surface area (Å²) in [5.74, 6) is -1.51. The van der Waals surface area contributed by atoms with Gasteiger partial charge in [0, 0.05) is 0 Å². The Bertz CT molecular complexity index is 2040. The Kier molecular flexibility index (Phi) is 15.2. The third-order valence-electron chi connectivity index (χ3n) is 10.2. The normalized spacial score (nSPS) is 26.5. The Hall–Kier alpha value is -5.32. The molecule has 2 heterocycles. The first kappa shape index (κ1) is 42.8. The summed E-state index contributed by atoms with van der Waals surface area (Å²) in [6.45, 7) is -0.263. The topological polar surface area (TPSA) is 169 Å². The number of carbonyl (C=O) groups excluding carboxylic acids is 2. The van der Waals surface area contributed by atoms with Gasteiger partial charge < -0.3 is 53.2 Å². The molecule has 0 unspecified atom stereocenters. The van der Waals surface area contributed by atoms with E-state index < -0.39 is 80.0 Å². The van der Waals surface area contributed by atoms with E-state index in [9.17, 15) is 24.9 Å².